The molecule has 0 fully saturated rings. The highest BCUT2D eigenvalue weighted by atomic mass is 14.8. The van der Waals surface area contributed by atoms with Gasteiger partial charge in [-0.2, -0.15) is 0 Å². The minimum Gasteiger partial charge on any atom is -0.264 e. The Morgan fingerprint density at radius 3 is 2.10 bits per heavy atom. The lowest BCUT2D eigenvalue weighted by Gasteiger charge is -2.13. The van der Waals surface area contributed by atoms with Crippen molar-refractivity contribution in [1.82, 2.24) is 24.9 Å². The van der Waals surface area contributed by atoms with Crippen LogP contribution in [0.4, 0.5) is 0 Å². The number of aromatic nitrogens is 5. The summed E-state index contributed by atoms with van der Waals surface area (Å²) in [5.41, 5.74) is 8.00. The number of rotatable bonds is 3. The molecule has 0 bridgehead atoms. The van der Waals surface area contributed by atoms with Crippen molar-refractivity contribution < 1.29 is 0 Å². The highest BCUT2D eigenvalue weighted by Crippen LogP contribution is 2.36. The standard InChI is InChI=1S/C35H21N5/c1-2-7-23-20-33-24(18-22(23)6-1)10-13-30(38-33)28-19-25-11-14-32(31-9-3-4-17-37-31)40-34(25)35-27(28)12-15-29(39-35)26-8-5-16-36-21-26/h1-21H. The van der Waals surface area contributed by atoms with Gasteiger partial charge in [-0.05, 0) is 77.5 Å². The van der Waals surface area contributed by atoms with Crippen LogP contribution < -0.4 is 0 Å². The van der Waals surface area contributed by atoms with E-state index in [0.717, 1.165) is 66.6 Å². The molecule has 0 aliphatic heterocycles. The van der Waals surface area contributed by atoms with Crippen molar-refractivity contribution in [2.45, 2.75) is 0 Å². The van der Waals surface area contributed by atoms with Gasteiger partial charge in [0.2, 0.25) is 0 Å². The van der Waals surface area contributed by atoms with Crippen molar-refractivity contribution in [1.29, 1.82) is 0 Å². The Balaban J connectivity index is 1.39. The molecular formula is C35H21N5. The van der Waals surface area contributed by atoms with Gasteiger partial charge in [0.25, 0.3) is 0 Å². The zero-order valence-electron chi connectivity index (χ0n) is 21.4. The van der Waals surface area contributed by atoms with Crippen LogP contribution in [0, 0.1) is 0 Å². The monoisotopic (exact) mass is 511 g/mol. The van der Waals surface area contributed by atoms with E-state index in [0.29, 0.717) is 0 Å². The molecule has 3 aromatic carbocycles. The molecule has 0 spiro atoms. The summed E-state index contributed by atoms with van der Waals surface area (Å²) in [6.45, 7) is 0. The molecule has 0 radical (unpaired) electrons. The molecule has 8 aromatic rings. The lowest BCUT2D eigenvalue weighted by molar-refractivity contribution is 1.27. The van der Waals surface area contributed by atoms with Crippen molar-refractivity contribution in [3.63, 3.8) is 0 Å². The van der Waals surface area contributed by atoms with Crippen molar-refractivity contribution in [2.75, 3.05) is 0 Å². The van der Waals surface area contributed by atoms with E-state index in [-0.39, 0.29) is 0 Å². The molecule has 0 saturated carbocycles. The third-order valence-electron chi connectivity index (χ3n) is 7.35. The zero-order valence-corrected chi connectivity index (χ0v) is 21.4. The Hall–Kier alpha value is -5.55. The minimum atomic E-state index is 0.812. The molecule has 5 heteroatoms. The Morgan fingerprint density at radius 1 is 0.450 bits per heavy atom. The highest BCUT2D eigenvalue weighted by molar-refractivity contribution is 6.11. The van der Waals surface area contributed by atoms with Gasteiger partial charge in [0, 0.05) is 45.9 Å². The summed E-state index contributed by atoms with van der Waals surface area (Å²) in [6, 6.07) is 37.3. The van der Waals surface area contributed by atoms with Gasteiger partial charge >= 0.3 is 0 Å². The smallest absolute Gasteiger partial charge is 0.0979 e. The van der Waals surface area contributed by atoms with Gasteiger partial charge in [0.05, 0.1) is 39.3 Å². The molecule has 0 unspecified atom stereocenters. The molecule has 5 heterocycles. The van der Waals surface area contributed by atoms with Gasteiger partial charge in [0.1, 0.15) is 0 Å². The number of hydrogen-bond acceptors (Lipinski definition) is 5. The Kier molecular flexibility index (Phi) is 5.07. The Morgan fingerprint density at radius 2 is 1.25 bits per heavy atom. The van der Waals surface area contributed by atoms with Crippen molar-refractivity contribution in [3.05, 3.63) is 128 Å². The van der Waals surface area contributed by atoms with Gasteiger partial charge < -0.3 is 0 Å². The quantitative estimate of drug-likeness (QED) is 0.176. The second kappa shape index (κ2) is 9.03. The SMILES string of the molecule is c1ccc(-c2ccc3cc(-c4ccc5cc6ccccc6cc5n4)c4ccc(-c5cccnc5)nc4c3n2)nc1. The van der Waals surface area contributed by atoms with Gasteiger partial charge in [-0.1, -0.05) is 42.5 Å². The first-order valence-electron chi connectivity index (χ1n) is 13.2. The van der Waals surface area contributed by atoms with Crippen molar-refractivity contribution in [2.24, 2.45) is 0 Å². The number of pyridine rings is 5. The Bertz CT molecular complexity index is 2210. The number of benzene rings is 3. The minimum absolute atomic E-state index is 0.812. The van der Waals surface area contributed by atoms with E-state index in [1.165, 1.54) is 10.8 Å². The molecule has 0 aliphatic rings. The first-order chi connectivity index (χ1) is 19.8. The highest BCUT2D eigenvalue weighted by Gasteiger charge is 2.15. The first-order valence-corrected chi connectivity index (χ1v) is 13.2. The maximum Gasteiger partial charge on any atom is 0.0979 e. The van der Waals surface area contributed by atoms with E-state index in [4.69, 9.17) is 15.0 Å². The molecule has 0 atom stereocenters. The van der Waals surface area contributed by atoms with E-state index < -0.39 is 0 Å². The van der Waals surface area contributed by atoms with Crippen molar-refractivity contribution in [3.8, 4) is 33.9 Å². The normalized spacial score (nSPS) is 11.5. The summed E-state index contributed by atoms with van der Waals surface area (Å²) in [4.78, 5) is 24.2. The van der Waals surface area contributed by atoms with Crippen LogP contribution in [0.3, 0.4) is 0 Å². The fraction of sp³-hybridized carbons (Fsp3) is 0. The summed E-state index contributed by atoms with van der Waals surface area (Å²) in [7, 11) is 0. The van der Waals surface area contributed by atoms with E-state index in [9.17, 15) is 0 Å². The predicted molar refractivity (Wildman–Crippen MR) is 162 cm³/mol. The summed E-state index contributed by atoms with van der Waals surface area (Å²) >= 11 is 0. The molecule has 8 rings (SSSR count). The van der Waals surface area contributed by atoms with E-state index in [2.05, 4.69) is 76.7 Å². The second-order valence-electron chi connectivity index (χ2n) is 9.83. The lowest BCUT2D eigenvalue weighted by Crippen LogP contribution is -1.95. The summed E-state index contributed by atoms with van der Waals surface area (Å²) in [5.74, 6) is 0. The molecule has 5 aromatic heterocycles. The summed E-state index contributed by atoms with van der Waals surface area (Å²) < 4.78 is 0. The number of nitrogens with zero attached hydrogens (tertiary/aromatic N) is 5. The maximum absolute atomic E-state index is 5.15. The number of fused-ring (bicyclic) bond motifs is 5. The van der Waals surface area contributed by atoms with Crippen molar-refractivity contribution >= 4 is 43.5 Å². The molecule has 186 valence electrons. The van der Waals surface area contributed by atoms with Crippen LogP contribution in [0.15, 0.2) is 128 Å². The summed E-state index contributed by atoms with van der Waals surface area (Å²) in [6.07, 6.45) is 5.39. The van der Waals surface area contributed by atoms with Gasteiger partial charge in [-0.15, -0.1) is 0 Å². The molecule has 40 heavy (non-hydrogen) atoms. The number of hydrogen-bond donors (Lipinski definition) is 0. The topological polar surface area (TPSA) is 64.5 Å². The summed E-state index contributed by atoms with van der Waals surface area (Å²) in [5, 5.41) is 5.50. The van der Waals surface area contributed by atoms with Crippen LogP contribution in [-0.2, 0) is 0 Å². The molecule has 5 nitrogen and oxygen atoms in total. The maximum atomic E-state index is 5.15. The molecule has 0 N–H and O–H groups in total. The first kappa shape index (κ1) is 22.4. The molecule has 0 amide bonds. The van der Waals surface area contributed by atoms with Gasteiger partial charge in [0.15, 0.2) is 0 Å². The van der Waals surface area contributed by atoms with Gasteiger partial charge in [-0.3, -0.25) is 9.97 Å². The molecular weight excluding hydrogens is 490 g/mol. The Labute approximate surface area is 229 Å². The average Bonchev–Trinajstić information content (AvgIpc) is 3.03. The van der Waals surface area contributed by atoms with E-state index in [1.54, 1.807) is 12.4 Å². The van der Waals surface area contributed by atoms with Crippen LogP contribution in [0.1, 0.15) is 0 Å². The van der Waals surface area contributed by atoms with Crippen LogP contribution in [-0.4, -0.2) is 24.9 Å². The van der Waals surface area contributed by atoms with Crippen LogP contribution in [0.25, 0.3) is 77.4 Å². The van der Waals surface area contributed by atoms with Crippen LogP contribution in [0.5, 0.6) is 0 Å². The fourth-order valence-electron chi connectivity index (χ4n) is 5.37. The zero-order chi connectivity index (χ0) is 26.5. The van der Waals surface area contributed by atoms with E-state index >= 15 is 0 Å². The largest absolute Gasteiger partial charge is 0.264 e. The van der Waals surface area contributed by atoms with Crippen LogP contribution in [0.2, 0.25) is 0 Å². The molecule has 0 aliphatic carbocycles. The van der Waals surface area contributed by atoms with E-state index in [1.807, 2.05) is 48.7 Å². The third-order valence-corrected chi connectivity index (χ3v) is 7.35. The van der Waals surface area contributed by atoms with Crippen LogP contribution >= 0.6 is 0 Å². The second-order valence-corrected chi connectivity index (χ2v) is 9.83. The lowest BCUT2D eigenvalue weighted by atomic mass is 9.98. The average molecular weight is 512 g/mol. The predicted octanol–water partition coefficient (Wildman–Crippen LogP) is 8.28. The third kappa shape index (κ3) is 3.76. The van der Waals surface area contributed by atoms with Gasteiger partial charge in [-0.25, -0.2) is 15.0 Å². The fourth-order valence-corrected chi connectivity index (χ4v) is 5.37. The molecule has 0 saturated heterocycles.